The molecule has 2 atom stereocenters. The number of carbonyl (C=O) groups is 2. The van der Waals surface area contributed by atoms with Crippen LogP contribution in [-0.4, -0.2) is 24.4 Å². The van der Waals surface area contributed by atoms with Crippen LogP contribution in [0.1, 0.15) is 27.2 Å². The molecule has 2 N–H and O–H groups in total. The normalized spacial score (nSPS) is 23.4. The Hall–Kier alpha value is -1.06. The predicted octanol–water partition coefficient (Wildman–Crippen LogP) is 0.283. The van der Waals surface area contributed by atoms with Crippen LogP contribution < -0.4 is 10.6 Å². The third-order valence-corrected chi connectivity index (χ3v) is 2.72. The lowest BCUT2D eigenvalue weighted by Crippen LogP contribution is -2.40. The molecule has 2 amide bonds. The van der Waals surface area contributed by atoms with E-state index < -0.39 is 0 Å². The highest BCUT2D eigenvalue weighted by Crippen LogP contribution is 2.10. The van der Waals surface area contributed by atoms with Crippen molar-refractivity contribution in [2.45, 2.75) is 33.2 Å². The van der Waals surface area contributed by atoms with Crippen LogP contribution in [0.15, 0.2) is 0 Å². The third-order valence-electron chi connectivity index (χ3n) is 2.72. The topological polar surface area (TPSA) is 58.2 Å². The van der Waals surface area contributed by atoms with Crippen LogP contribution in [-0.2, 0) is 9.59 Å². The Morgan fingerprint density at radius 2 is 2.14 bits per heavy atom. The standard InChI is InChI=1S/C10H18N2O2/c1-6(2)7(3)12-10(14)8-4-9(13)11-5-8/h6-8H,4-5H2,1-3H3,(H,11,13)(H,12,14). The molecule has 80 valence electrons. The lowest BCUT2D eigenvalue weighted by atomic mass is 10.0. The maximum absolute atomic E-state index is 11.6. The lowest BCUT2D eigenvalue weighted by molar-refractivity contribution is -0.127. The van der Waals surface area contributed by atoms with Crippen LogP contribution in [0.3, 0.4) is 0 Å². The quantitative estimate of drug-likeness (QED) is 0.684. The summed E-state index contributed by atoms with van der Waals surface area (Å²) in [6.07, 6.45) is 0.330. The minimum absolute atomic E-state index is 0.00968. The van der Waals surface area contributed by atoms with E-state index in [4.69, 9.17) is 0 Å². The smallest absolute Gasteiger partial charge is 0.225 e. The molecule has 0 bridgehead atoms. The molecular formula is C10H18N2O2. The zero-order valence-electron chi connectivity index (χ0n) is 8.96. The molecule has 0 radical (unpaired) electrons. The van der Waals surface area contributed by atoms with Gasteiger partial charge in [0.15, 0.2) is 0 Å². The molecule has 0 aromatic rings. The van der Waals surface area contributed by atoms with Gasteiger partial charge in [-0.2, -0.15) is 0 Å². The first-order chi connectivity index (χ1) is 6.50. The van der Waals surface area contributed by atoms with E-state index in [0.29, 0.717) is 18.9 Å². The Labute approximate surface area is 84.4 Å². The Morgan fingerprint density at radius 3 is 2.57 bits per heavy atom. The maximum atomic E-state index is 11.6. The predicted molar refractivity (Wildman–Crippen MR) is 53.6 cm³/mol. The van der Waals surface area contributed by atoms with Crippen LogP contribution in [0.5, 0.6) is 0 Å². The van der Waals surface area contributed by atoms with Gasteiger partial charge in [0.25, 0.3) is 0 Å². The number of carbonyl (C=O) groups excluding carboxylic acids is 2. The number of hydrogen-bond acceptors (Lipinski definition) is 2. The summed E-state index contributed by atoms with van der Waals surface area (Å²) in [4.78, 5) is 22.5. The summed E-state index contributed by atoms with van der Waals surface area (Å²) in [7, 11) is 0. The fourth-order valence-electron chi connectivity index (χ4n) is 1.30. The number of hydrogen-bond donors (Lipinski definition) is 2. The van der Waals surface area contributed by atoms with Crippen molar-refractivity contribution in [3.8, 4) is 0 Å². The highest BCUT2D eigenvalue weighted by Gasteiger charge is 2.28. The SMILES string of the molecule is CC(C)C(C)NC(=O)C1CNC(=O)C1. The van der Waals surface area contributed by atoms with Crippen molar-refractivity contribution >= 4 is 11.8 Å². The summed E-state index contributed by atoms with van der Waals surface area (Å²) in [6.45, 7) is 6.58. The van der Waals surface area contributed by atoms with Crippen LogP contribution >= 0.6 is 0 Å². The first kappa shape index (κ1) is 11.0. The van der Waals surface area contributed by atoms with Gasteiger partial charge >= 0.3 is 0 Å². The molecule has 0 aliphatic carbocycles. The minimum atomic E-state index is -0.177. The molecule has 0 aromatic heterocycles. The zero-order chi connectivity index (χ0) is 10.7. The minimum Gasteiger partial charge on any atom is -0.355 e. The summed E-state index contributed by atoms with van der Waals surface area (Å²) in [5, 5.41) is 5.56. The molecule has 0 saturated carbocycles. The van der Waals surface area contributed by atoms with Gasteiger partial charge in [-0.15, -0.1) is 0 Å². The Kier molecular flexibility index (Phi) is 3.49. The second kappa shape index (κ2) is 4.44. The van der Waals surface area contributed by atoms with Crippen molar-refractivity contribution in [1.82, 2.24) is 10.6 Å². The maximum Gasteiger partial charge on any atom is 0.225 e. The molecule has 2 unspecified atom stereocenters. The van der Waals surface area contributed by atoms with Gasteiger partial charge in [-0.1, -0.05) is 13.8 Å². The van der Waals surface area contributed by atoms with Crippen LogP contribution in [0.25, 0.3) is 0 Å². The molecular weight excluding hydrogens is 180 g/mol. The van der Waals surface area contributed by atoms with Gasteiger partial charge in [-0.05, 0) is 12.8 Å². The van der Waals surface area contributed by atoms with Gasteiger partial charge in [0.05, 0.1) is 5.92 Å². The molecule has 1 rings (SSSR count). The van der Waals surface area contributed by atoms with Gasteiger partial charge in [0, 0.05) is 19.0 Å². The van der Waals surface area contributed by atoms with E-state index >= 15 is 0 Å². The molecule has 4 nitrogen and oxygen atoms in total. The molecule has 1 fully saturated rings. The number of rotatable bonds is 3. The van der Waals surface area contributed by atoms with E-state index in [0.717, 1.165) is 0 Å². The average Bonchev–Trinajstić information content (AvgIpc) is 2.51. The summed E-state index contributed by atoms with van der Waals surface area (Å²) < 4.78 is 0. The Morgan fingerprint density at radius 1 is 1.50 bits per heavy atom. The highest BCUT2D eigenvalue weighted by molar-refractivity contribution is 5.89. The molecule has 0 spiro atoms. The average molecular weight is 198 g/mol. The van der Waals surface area contributed by atoms with E-state index in [9.17, 15) is 9.59 Å². The lowest BCUT2D eigenvalue weighted by Gasteiger charge is -2.19. The monoisotopic (exact) mass is 198 g/mol. The molecule has 14 heavy (non-hydrogen) atoms. The third kappa shape index (κ3) is 2.72. The van der Waals surface area contributed by atoms with Gasteiger partial charge in [0.1, 0.15) is 0 Å². The van der Waals surface area contributed by atoms with Gasteiger partial charge in [-0.25, -0.2) is 0 Å². The van der Waals surface area contributed by atoms with Crippen LogP contribution in [0.4, 0.5) is 0 Å². The van der Waals surface area contributed by atoms with E-state index in [1.54, 1.807) is 0 Å². The van der Waals surface area contributed by atoms with Gasteiger partial charge < -0.3 is 10.6 Å². The molecule has 1 aliphatic heterocycles. The Bertz CT molecular complexity index is 238. The first-order valence-electron chi connectivity index (χ1n) is 5.07. The summed E-state index contributed by atoms with van der Waals surface area (Å²) >= 11 is 0. The molecule has 0 aromatic carbocycles. The van der Waals surface area contributed by atoms with Crippen molar-refractivity contribution in [1.29, 1.82) is 0 Å². The van der Waals surface area contributed by atoms with Gasteiger partial charge in [-0.3, -0.25) is 9.59 Å². The van der Waals surface area contributed by atoms with Gasteiger partial charge in [0.2, 0.25) is 11.8 Å². The second-order valence-corrected chi connectivity index (χ2v) is 4.25. The van der Waals surface area contributed by atoms with Crippen molar-refractivity contribution in [2.75, 3.05) is 6.54 Å². The summed E-state index contributed by atoms with van der Waals surface area (Å²) in [5.74, 6) is 0.208. The highest BCUT2D eigenvalue weighted by atomic mass is 16.2. The van der Waals surface area contributed by atoms with E-state index in [-0.39, 0.29) is 23.8 Å². The van der Waals surface area contributed by atoms with Crippen LogP contribution in [0.2, 0.25) is 0 Å². The number of amides is 2. The van der Waals surface area contributed by atoms with E-state index in [2.05, 4.69) is 24.5 Å². The van der Waals surface area contributed by atoms with E-state index in [1.807, 2.05) is 6.92 Å². The van der Waals surface area contributed by atoms with Crippen molar-refractivity contribution < 1.29 is 9.59 Å². The van der Waals surface area contributed by atoms with Crippen molar-refractivity contribution in [2.24, 2.45) is 11.8 Å². The molecule has 1 saturated heterocycles. The van der Waals surface area contributed by atoms with Crippen molar-refractivity contribution in [3.05, 3.63) is 0 Å². The summed E-state index contributed by atoms with van der Waals surface area (Å²) in [5.41, 5.74) is 0. The fourth-order valence-corrected chi connectivity index (χ4v) is 1.30. The second-order valence-electron chi connectivity index (χ2n) is 4.25. The molecule has 4 heteroatoms. The zero-order valence-corrected chi connectivity index (χ0v) is 8.96. The van der Waals surface area contributed by atoms with Crippen molar-refractivity contribution in [3.63, 3.8) is 0 Å². The largest absolute Gasteiger partial charge is 0.355 e. The fraction of sp³-hybridized carbons (Fsp3) is 0.800. The Balaban J connectivity index is 2.39. The van der Waals surface area contributed by atoms with E-state index in [1.165, 1.54) is 0 Å². The molecule has 1 aliphatic rings. The first-order valence-corrected chi connectivity index (χ1v) is 5.07. The van der Waals surface area contributed by atoms with Crippen LogP contribution in [0, 0.1) is 11.8 Å². The number of nitrogens with one attached hydrogen (secondary N) is 2. The summed E-state index contributed by atoms with van der Waals surface area (Å²) in [6, 6.07) is 0.165. The molecule has 1 heterocycles.